The third-order valence-corrected chi connectivity index (χ3v) is 3.53. The van der Waals surface area contributed by atoms with Crippen LogP contribution < -0.4 is 10.5 Å². The van der Waals surface area contributed by atoms with Crippen molar-refractivity contribution in [1.29, 1.82) is 0 Å². The molecule has 2 aromatic rings. The standard InChI is InChI=1S/C14H12Cl3NO/c1-2-19-14-7-12(16)10(6-13(14)17)9-4-3-8(18)5-11(9)15/h3-7H,2,18H2,1H3. The van der Waals surface area contributed by atoms with Gasteiger partial charge in [0.1, 0.15) is 5.75 Å². The lowest BCUT2D eigenvalue weighted by Gasteiger charge is -2.12. The number of ether oxygens (including phenoxy) is 1. The van der Waals surface area contributed by atoms with Gasteiger partial charge in [0.2, 0.25) is 0 Å². The molecular formula is C14H12Cl3NO. The minimum atomic E-state index is 0.495. The topological polar surface area (TPSA) is 35.2 Å². The van der Waals surface area contributed by atoms with Crippen LogP contribution in [0.2, 0.25) is 15.1 Å². The van der Waals surface area contributed by atoms with Crippen LogP contribution in [0, 0.1) is 0 Å². The van der Waals surface area contributed by atoms with E-state index in [0.717, 1.165) is 11.1 Å². The molecule has 2 aromatic carbocycles. The highest BCUT2D eigenvalue weighted by atomic mass is 35.5. The second kappa shape index (κ2) is 5.91. The Kier molecular flexibility index (Phi) is 4.46. The number of rotatable bonds is 3. The van der Waals surface area contributed by atoms with Crippen molar-refractivity contribution in [3.8, 4) is 16.9 Å². The van der Waals surface area contributed by atoms with E-state index >= 15 is 0 Å². The summed E-state index contributed by atoms with van der Waals surface area (Å²) in [5.74, 6) is 0.560. The van der Waals surface area contributed by atoms with Crippen LogP contribution >= 0.6 is 34.8 Å². The molecule has 19 heavy (non-hydrogen) atoms. The first-order valence-corrected chi connectivity index (χ1v) is 6.83. The largest absolute Gasteiger partial charge is 0.492 e. The zero-order valence-corrected chi connectivity index (χ0v) is 12.5. The van der Waals surface area contributed by atoms with E-state index in [-0.39, 0.29) is 0 Å². The fourth-order valence-electron chi connectivity index (χ4n) is 1.75. The Morgan fingerprint density at radius 2 is 1.63 bits per heavy atom. The minimum Gasteiger partial charge on any atom is -0.492 e. The number of halogens is 3. The fraction of sp³-hybridized carbons (Fsp3) is 0.143. The first kappa shape index (κ1) is 14.3. The van der Waals surface area contributed by atoms with Gasteiger partial charge < -0.3 is 10.5 Å². The lowest BCUT2D eigenvalue weighted by Crippen LogP contribution is -1.93. The van der Waals surface area contributed by atoms with Gasteiger partial charge in [-0.1, -0.05) is 40.9 Å². The van der Waals surface area contributed by atoms with Crippen LogP contribution in [0.25, 0.3) is 11.1 Å². The van der Waals surface area contributed by atoms with E-state index in [1.54, 1.807) is 24.3 Å². The monoisotopic (exact) mass is 315 g/mol. The van der Waals surface area contributed by atoms with Crippen molar-refractivity contribution in [3.63, 3.8) is 0 Å². The van der Waals surface area contributed by atoms with Crippen LogP contribution in [-0.2, 0) is 0 Å². The maximum absolute atomic E-state index is 6.25. The summed E-state index contributed by atoms with van der Waals surface area (Å²) in [7, 11) is 0. The van der Waals surface area contributed by atoms with Crippen molar-refractivity contribution < 1.29 is 4.74 Å². The molecule has 0 aliphatic carbocycles. The summed E-state index contributed by atoms with van der Waals surface area (Å²) in [6, 6.07) is 8.69. The second-order valence-electron chi connectivity index (χ2n) is 3.93. The number of hydrogen-bond donors (Lipinski definition) is 1. The Morgan fingerprint density at radius 3 is 2.26 bits per heavy atom. The smallest absolute Gasteiger partial charge is 0.139 e. The summed E-state index contributed by atoms with van der Waals surface area (Å²) < 4.78 is 5.39. The average molecular weight is 317 g/mol. The Morgan fingerprint density at radius 1 is 0.947 bits per heavy atom. The fourth-order valence-corrected chi connectivity index (χ4v) is 2.52. The van der Waals surface area contributed by atoms with Gasteiger partial charge in [-0.05, 0) is 25.1 Å². The minimum absolute atomic E-state index is 0.495. The molecule has 0 unspecified atom stereocenters. The van der Waals surface area contributed by atoms with Gasteiger partial charge in [0, 0.05) is 22.9 Å². The van der Waals surface area contributed by atoms with Crippen LogP contribution in [0.3, 0.4) is 0 Å². The summed E-state index contributed by atoms with van der Waals surface area (Å²) in [6.45, 7) is 2.41. The molecule has 0 amide bonds. The summed E-state index contributed by atoms with van der Waals surface area (Å²) in [5, 5.41) is 1.55. The second-order valence-corrected chi connectivity index (χ2v) is 5.16. The van der Waals surface area contributed by atoms with Crippen molar-refractivity contribution in [2.24, 2.45) is 0 Å². The van der Waals surface area contributed by atoms with Crippen molar-refractivity contribution in [2.75, 3.05) is 12.3 Å². The molecule has 100 valence electrons. The summed E-state index contributed by atoms with van der Waals surface area (Å²) in [6.07, 6.45) is 0. The summed E-state index contributed by atoms with van der Waals surface area (Å²) in [5.41, 5.74) is 7.81. The Labute approximate surface area is 127 Å². The summed E-state index contributed by atoms with van der Waals surface area (Å²) in [4.78, 5) is 0. The number of hydrogen-bond acceptors (Lipinski definition) is 2. The lowest BCUT2D eigenvalue weighted by molar-refractivity contribution is 0.340. The molecule has 5 heteroatoms. The van der Waals surface area contributed by atoms with Crippen LogP contribution in [-0.4, -0.2) is 6.61 Å². The highest BCUT2D eigenvalue weighted by molar-refractivity contribution is 6.38. The zero-order valence-electron chi connectivity index (χ0n) is 10.2. The SMILES string of the molecule is CCOc1cc(Cl)c(-c2ccc(N)cc2Cl)cc1Cl. The van der Waals surface area contributed by atoms with Gasteiger partial charge in [-0.2, -0.15) is 0 Å². The van der Waals surface area contributed by atoms with E-state index in [0.29, 0.717) is 33.1 Å². The molecule has 0 aromatic heterocycles. The molecule has 0 aliphatic heterocycles. The first-order chi connectivity index (χ1) is 9.02. The van der Waals surface area contributed by atoms with Gasteiger partial charge in [-0.3, -0.25) is 0 Å². The molecule has 0 fully saturated rings. The molecule has 0 saturated carbocycles. The van der Waals surface area contributed by atoms with Crippen molar-refractivity contribution >= 4 is 40.5 Å². The highest BCUT2D eigenvalue weighted by Crippen LogP contribution is 2.39. The number of benzene rings is 2. The molecule has 0 radical (unpaired) electrons. The van der Waals surface area contributed by atoms with Gasteiger partial charge in [0.25, 0.3) is 0 Å². The van der Waals surface area contributed by atoms with Crippen LogP contribution in [0.4, 0.5) is 5.69 Å². The van der Waals surface area contributed by atoms with Gasteiger partial charge in [-0.15, -0.1) is 0 Å². The summed E-state index contributed by atoms with van der Waals surface area (Å²) >= 11 is 18.6. The third kappa shape index (κ3) is 3.08. The molecule has 2 N–H and O–H groups in total. The normalized spacial score (nSPS) is 10.5. The van der Waals surface area contributed by atoms with Crippen LogP contribution in [0.1, 0.15) is 6.92 Å². The number of anilines is 1. The Hall–Kier alpha value is -1.09. The van der Waals surface area contributed by atoms with Gasteiger partial charge >= 0.3 is 0 Å². The van der Waals surface area contributed by atoms with Gasteiger partial charge in [0.15, 0.2) is 0 Å². The van der Waals surface area contributed by atoms with E-state index in [4.69, 9.17) is 45.3 Å². The molecule has 0 atom stereocenters. The predicted octanol–water partition coefficient (Wildman–Crippen LogP) is 5.29. The lowest BCUT2D eigenvalue weighted by atomic mass is 10.0. The number of nitrogen functional groups attached to an aromatic ring is 1. The molecule has 0 aliphatic rings. The maximum Gasteiger partial charge on any atom is 0.139 e. The molecule has 0 spiro atoms. The Bertz CT molecular complexity index is 614. The molecule has 2 nitrogen and oxygen atoms in total. The van der Waals surface area contributed by atoms with E-state index in [1.165, 1.54) is 0 Å². The quantitative estimate of drug-likeness (QED) is 0.780. The Balaban J connectivity index is 2.53. The van der Waals surface area contributed by atoms with Crippen LogP contribution in [0.15, 0.2) is 30.3 Å². The van der Waals surface area contributed by atoms with Crippen molar-refractivity contribution in [1.82, 2.24) is 0 Å². The third-order valence-electron chi connectivity index (χ3n) is 2.60. The van der Waals surface area contributed by atoms with Gasteiger partial charge in [0.05, 0.1) is 21.7 Å². The van der Waals surface area contributed by atoms with E-state index < -0.39 is 0 Å². The molecule has 2 rings (SSSR count). The molecule has 0 heterocycles. The van der Waals surface area contributed by atoms with Crippen LogP contribution in [0.5, 0.6) is 5.75 Å². The highest BCUT2D eigenvalue weighted by Gasteiger charge is 2.12. The maximum atomic E-state index is 6.25. The zero-order chi connectivity index (χ0) is 14.0. The van der Waals surface area contributed by atoms with Gasteiger partial charge in [-0.25, -0.2) is 0 Å². The van der Waals surface area contributed by atoms with E-state index in [2.05, 4.69) is 0 Å². The first-order valence-electron chi connectivity index (χ1n) is 5.70. The van der Waals surface area contributed by atoms with Crippen molar-refractivity contribution in [3.05, 3.63) is 45.4 Å². The number of nitrogens with two attached hydrogens (primary N) is 1. The average Bonchev–Trinajstić information content (AvgIpc) is 2.34. The predicted molar refractivity (Wildman–Crippen MR) is 82.5 cm³/mol. The van der Waals surface area contributed by atoms with E-state index in [9.17, 15) is 0 Å². The molecular weight excluding hydrogens is 305 g/mol. The van der Waals surface area contributed by atoms with Crippen molar-refractivity contribution in [2.45, 2.75) is 6.92 Å². The molecule has 0 bridgehead atoms. The molecule has 0 saturated heterocycles. The van der Waals surface area contributed by atoms with E-state index in [1.807, 2.05) is 13.0 Å².